The molecule has 1 fully saturated rings. The number of carbonyl (C=O) groups excluding carboxylic acids is 1. The van der Waals surface area contributed by atoms with Crippen molar-refractivity contribution >= 4 is 22.9 Å². The van der Waals surface area contributed by atoms with Gasteiger partial charge < -0.3 is 5.32 Å². The molecule has 4 rings (SSSR count). The summed E-state index contributed by atoms with van der Waals surface area (Å²) in [7, 11) is 0. The van der Waals surface area contributed by atoms with Crippen LogP contribution in [0.4, 0.5) is 5.69 Å². The lowest BCUT2D eigenvalue weighted by atomic mass is 10.1. The zero-order valence-electron chi connectivity index (χ0n) is 16.1. The molecule has 1 saturated heterocycles. The van der Waals surface area contributed by atoms with Crippen molar-refractivity contribution < 1.29 is 4.79 Å². The lowest BCUT2D eigenvalue weighted by Crippen LogP contribution is -2.21. The van der Waals surface area contributed by atoms with Crippen molar-refractivity contribution in [1.82, 2.24) is 9.88 Å². The van der Waals surface area contributed by atoms with Crippen LogP contribution in [0.2, 0.25) is 0 Å². The minimum Gasteiger partial charge on any atom is -0.325 e. The number of nitrogens with one attached hydrogen (secondary N) is 1. The molecule has 2 aromatic carbocycles. The van der Waals surface area contributed by atoms with Gasteiger partial charge in [-0.1, -0.05) is 48.0 Å². The molecule has 1 N–H and O–H groups in total. The van der Waals surface area contributed by atoms with E-state index in [2.05, 4.69) is 52.5 Å². The standard InChI is InChI=1S/C23H25N3OS/c1-17-8-10-18(11-9-17)23-24-20(16-28-23)14-22(27)25-21-7-3-2-6-19(21)15-26-12-4-5-13-26/h2-3,6-11,16H,4-5,12-15H2,1H3,(H,25,27). The third kappa shape index (κ3) is 4.66. The van der Waals surface area contributed by atoms with Gasteiger partial charge in [0, 0.05) is 23.2 Å². The van der Waals surface area contributed by atoms with Gasteiger partial charge in [0.2, 0.25) is 5.91 Å². The molecule has 3 aromatic rings. The fourth-order valence-corrected chi connectivity index (χ4v) is 4.36. The monoisotopic (exact) mass is 391 g/mol. The largest absolute Gasteiger partial charge is 0.325 e. The average Bonchev–Trinajstić information content (AvgIpc) is 3.36. The van der Waals surface area contributed by atoms with Crippen LogP contribution < -0.4 is 5.32 Å². The van der Waals surface area contributed by atoms with E-state index in [-0.39, 0.29) is 5.91 Å². The molecule has 0 spiro atoms. The van der Waals surface area contributed by atoms with Crippen LogP contribution in [0.3, 0.4) is 0 Å². The van der Waals surface area contributed by atoms with Gasteiger partial charge in [-0.05, 0) is 44.5 Å². The van der Waals surface area contributed by atoms with Crippen LogP contribution >= 0.6 is 11.3 Å². The fraction of sp³-hybridized carbons (Fsp3) is 0.304. The molecule has 0 aliphatic carbocycles. The summed E-state index contributed by atoms with van der Waals surface area (Å²) < 4.78 is 0. The molecule has 0 bridgehead atoms. The Kier molecular flexibility index (Phi) is 5.84. The Morgan fingerprint density at radius 2 is 1.86 bits per heavy atom. The fourth-order valence-electron chi connectivity index (χ4n) is 3.54. The molecule has 0 radical (unpaired) electrons. The number of aromatic nitrogens is 1. The predicted molar refractivity (Wildman–Crippen MR) is 116 cm³/mol. The molecule has 0 unspecified atom stereocenters. The summed E-state index contributed by atoms with van der Waals surface area (Å²) in [5.74, 6) is -0.0189. The average molecular weight is 392 g/mol. The number of amides is 1. The number of thiazole rings is 1. The smallest absolute Gasteiger partial charge is 0.230 e. The topological polar surface area (TPSA) is 45.2 Å². The van der Waals surface area contributed by atoms with Crippen molar-refractivity contribution in [1.29, 1.82) is 0 Å². The van der Waals surface area contributed by atoms with Crippen LogP contribution in [0.5, 0.6) is 0 Å². The first-order valence-electron chi connectivity index (χ1n) is 9.79. The third-order valence-corrected chi connectivity index (χ3v) is 6.02. The highest BCUT2D eigenvalue weighted by atomic mass is 32.1. The zero-order chi connectivity index (χ0) is 19.3. The molecule has 28 heavy (non-hydrogen) atoms. The first-order chi connectivity index (χ1) is 13.7. The molecule has 144 valence electrons. The quantitative estimate of drug-likeness (QED) is 0.650. The number of nitrogens with zero attached hydrogens (tertiary/aromatic N) is 2. The molecule has 0 saturated carbocycles. The highest BCUT2D eigenvalue weighted by molar-refractivity contribution is 7.13. The van der Waals surface area contributed by atoms with Crippen LogP contribution in [-0.4, -0.2) is 28.9 Å². The van der Waals surface area contributed by atoms with Crippen molar-refractivity contribution in [3.63, 3.8) is 0 Å². The maximum atomic E-state index is 12.6. The second kappa shape index (κ2) is 8.67. The van der Waals surface area contributed by atoms with Gasteiger partial charge in [0.05, 0.1) is 12.1 Å². The Labute approximate surface area is 170 Å². The van der Waals surface area contributed by atoms with Gasteiger partial charge in [-0.15, -0.1) is 11.3 Å². The van der Waals surface area contributed by atoms with E-state index < -0.39 is 0 Å². The van der Waals surface area contributed by atoms with Crippen molar-refractivity contribution in [2.75, 3.05) is 18.4 Å². The SMILES string of the molecule is Cc1ccc(-c2nc(CC(=O)Nc3ccccc3CN3CCCC3)cs2)cc1. The number of likely N-dealkylation sites (tertiary alicyclic amines) is 1. The van der Waals surface area contributed by atoms with E-state index in [1.165, 1.54) is 24.0 Å². The van der Waals surface area contributed by atoms with E-state index in [0.717, 1.165) is 41.6 Å². The van der Waals surface area contributed by atoms with Gasteiger partial charge in [-0.2, -0.15) is 0 Å². The Hall–Kier alpha value is -2.50. The maximum Gasteiger partial charge on any atom is 0.230 e. The molecule has 2 heterocycles. The van der Waals surface area contributed by atoms with Crippen molar-refractivity contribution in [2.24, 2.45) is 0 Å². The van der Waals surface area contributed by atoms with Crippen LogP contribution in [0.25, 0.3) is 10.6 Å². The Morgan fingerprint density at radius 3 is 2.64 bits per heavy atom. The molecular formula is C23H25N3OS. The van der Waals surface area contributed by atoms with Crippen LogP contribution in [-0.2, 0) is 17.8 Å². The summed E-state index contributed by atoms with van der Waals surface area (Å²) >= 11 is 1.58. The molecule has 5 heteroatoms. The second-order valence-electron chi connectivity index (χ2n) is 7.38. The van der Waals surface area contributed by atoms with E-state index in [0.29, 0.717) is 6.42 Å². The summed E-state index contributed by atoms with van der Waals surface area (Å²) in [4.78, 5) is 19.7. The molecule has 1 amide bonds. The van der Waals surface area contributed by atoms with Crippen molar-refractivity contribution in [3.05, 3.63) is 70.7 Å². The number of carbonyl (C=O) groups is 1. The number of benzene rings is 2. The summed E-state index contributed by atoms with van der Waals surface area (Å²) in [6.45, 7) is 5.25. The van der Waals surface area contributed by atoms with Crippen LogP contribution in [0.1, 0.15) is 29.7 Å². The summed E-state index contributed by atoms with van der Waals surface area (Å²) in [5.41, 5.74) is 5.23. The number of hydrogen-bond donors (Lipinski definition) is 1. The molecule has 0 atom stereocenters. The zero-order valence-corrected chi connectivity index (χ0v) is 17.0. The van der Waals surface area contributed by atoms with E-state index in [1.807, 2.05) is 23.6 Å². The Bertz CT molecular complexity index is 942. The van der Waals surface area contributed by atoms with E-state index in [9.17, 15) is 4.79 Å². The molecule has 4 nitrogen and oxygen atoms in total. The first kappa shape index (κ1) is 18.8. The maximum absolute atomic E-state index is 12.6. The number of para-hydroxylation sites is 1. The minimum absolute atomic E-state index is 0.0189. The Balaban J connectivity index is 1.40. The number of hydrogen-bond acceptors (Lipinski definition) is 4. The highest BCUT2D eigenvalue weighted by Crippen LogP contribution is 2.25. The summed E-state index contributed by atoms with van der Waals surface area (Å²) in [6.07, 6.45) is 2.82. The van der Waals surface area contributed by atoms with E-state index >= 15 is 0 Å². The first-order valence-corrected chi connectivity index (χ1v) is 10.7. The summed E-state index contributed by atoms with van der Waals surface area (Å²) in [5, 5.41) is 6.02. The lowest BCUT2D eigenvalue weighted by Gasteiger charge is -2.17. The predicted octanol–water partition coefficient (Wildman–Crippen LogP) is 4.90. The van der Waals surface area contributed by atoms with E-state index in [1.54, 1.807) is 11.3 Å². The van der Waals surface area contributed by atoms with Gasteiger partial charge in [0.15, 0.2) is 0 Å². The highest BCUT2D eigenvalue weighted by Gasteiger charge is 2.15. The van der Waals surface area contributed by atoms with Crippen LogP contribution in [0.15, 0.2) is 53.9 Å². The Morgan fingerprint density at radius 1 is 1.11 bits per heavy atom. The molecule has 1 aromatic heterocycles. The second-order valence-corrected chi connectivity index (χ2v) is 8.23. The molecular weight excluding hydrogens is 366 g/mol. The number of anilines is 1. The number of aryl methyl sites for hydroxylation is 1. The van der Waals surface area contributed by atoms with Gasteiger partial charge in [-0.3, -0.25) is 9.69 Å². The van der Waals surface area contributed by atoms with Gasteiger partial charge >= 0.3 is 0 Å². The van der Waals surface area contributed by atoms with Crippen molar-refractivity contribution in [2.45, 2.75) is 32.7 Å². The lowest BCUT2D eigenvalue weighted by molar-refractivity contribution is -0.115. The molecule has 1 aliphatic rings. The normalized spacial score (nSPS) is 14.3. The van der Waals surface area contributed by atoms with Gasteiger partial charge in [0.25, 0.3) is 0 Å². The third-order valence-electron chi connectivity index (χ3n) is 5.08. The number of rotatable bonds is 6. The summed E-state index contributed by atoms with van der Waals surface area (Å²) in [6, 6.07) is 16.4. The minimum atomic E-state index is -0.0189. The molecule has 1 aliphatic heterocycles. The van der Waals surface area contributed by atoms with Crippen molar-refractivity contribution in [3.8, 4) is 10.6 Å². The van der Waals surface area contributed by atoms with Gasteiger partial charge in [0.1, 0.15) is 5.01 Å². The van der Waals surface area contributed by atoms with E-state index in [4.69, 9.17) is 0 Å². The van der Waals surface area contributed by atoms with Gasteiger partial charge in [-0.25, -0.2) is 4.98 Å². The van der Waals surface area contributed by atoms with Crippen LogP contribution in [0, 0.1) is 6.92 Å².